The predicted molar refractivity (Wildman–Crippen MR) is 75.5 cm³/mol. The zero-order valence-electron chi connectivity index (χ0n) is 11.9. The Morgan fingerprint density at radius 2 is 2.22 bits per heavy atom. The standard InChI is InChI=1S/C15H26N2O/c1-4-18-13-7-5-6-12-10-16-17-15(11(2)3)14(12)9-8-13/h10-13,17H,4-9H2,1-3H3. The number of rotatable bonds is 3. The Morgan fingerprint density at radius 1 is 1.39 bits per heavy atom. The normalized spacial score (nSPS) is 28.7. The van der Waals surface area contributed by atoms with Gasteiger partial charge in [-0.15, -0.1) is 0 Å². The number of nitrogens with zero attached hydrogens (tertiary/aromatic N) is 1. The van der Waals surface area contributed by atoms with Crippen LogP contribution in [0.1, 0.15) is 52.9 Å². The van der Waals surface area contributed by atoms with Crippen LogP contribution in [0.2, 0.25) is 0 Å². The number of nitrogens with one attached hydrogen (secondary N) is 1. The van der Waals surface area contributed by atoms with Crippen molar-refractivity contribution in [1.82, 2.24) is 5.43 Å². The molecule has 0 amide bonds. The molecule has 1 aliphatic carbocycles. The molecule has 1 heterocycles. The largest absolute Gasteiger partial charge is 0.378 e. The van der Waals surface area contributed by atoms with Crippen molar-refractivity contribution < 1.29 is 4.74 Å². The maximum Gasteiger partial charge on any atom is 0.0578 e. The molecule has 2 atom stereocenters. The lowest BCUT2D eigenvalue weighted by Crippen LogP contribution is -2.27. The number of hydrazone groups is 1. The fourth-order valence-electron chi connectivity index (χ4n) is 3.06. The van der Waals surface area contributed by atoms with Crippen molar-refractivity contribution in [2.75, 3.05) is 6.61 Å². The summed E-state index contributed by atoms with van der Waals surface area (Å²) in [5.41, 5.74) is 6.14. The Kier molecular flexibility index (Phi) is 4.81. The van der Waals surface area contributed by atoms with Gasteiger partial charge in [0.25, 0.3) is 0 Å². The second-order valence-electron chi connectivity index (χ2n) is 5.64. The van der Waals surface area contributed by atoms with Gasteiger partial charge in [0.2, 0.25) is 0 Å². The second kappa shape index (κ2) is 6.37. The van der Waals surface area contributed by atoms with Crippen LogP contribution < -0.4 is 5.43 Å². The van der Waals surface area contributed by atoms with E-state index in [9.17, 15) is 0 Å². The van der Waals surface area contributed by atoms with Crippen molar-refractivity contribution in [3.05, 3.63) is 11.3 Å². The van der Waals surface area contributed by atoms with E-state index in [0.29, 0.717) is 17.9 Å². The second-order valence-corrected chi connectivity index (χ2v) is 5.64. The number of allylic oxidation sites excluding steroid dienone is 2. The van der Waals surface area contributed by atoms with Crippen LogP contribution in [0.3, 0.4) is 0 Å². The summed E-state index contributed by atoms with van der Waals surface area (Å²) in [6, 6.07) is 0. The Morgan fingerprint density at radius 3 is 2.94 bits per heavy atom. The summed E-state index contributed by atoms with van der Waals surface area (Å²) >= 11 is 0. The summed E-state index contributed by atoms with van der Waals surface area (Å²) in [5, 5.41) is 4.33. The van der Waals surface area contributed by atoms with Crippen LogP contribution in [0, 0.1) is 11.8 Å². The van der Waals surface area contributed by atoms with Crippen molar-refractivity contribution in [2.45, 2.75) is 59.0 Å². The molecule has 18 heavy (non-hydrogen) atoms. The topological polar surface area (TPSA) is 33.6 Å². The van der Waals surface area contributed by atoms with Gasteiger partial charge in [-0.2, -0.15) is 5.10 Å². The first-order valence-corrected chi connectivity index (χ1v) is 7.36. The molecule has 2 rings (SSSR count). The molecule has 0 saturated heterocycles. The average Bonchev–Trinajstić information content (AvgIpc) is 2.33. The lowest BCUT2D eigenvalue weighted by Gasteiger charge is -2.30. The van der Waals surface area contributed by atoms with Gasteiger partial charge in [-0.25, -0.2) is 0 Å². The van der Waals surface area contributed by atoms with Crippen molar-refractivity contribution in [3.8, 4) is 0 Å². The molecule has 0 bridgehead atoms. The molecule has 0 spiro atoms. The molecule has 3 nitrogen and oxygen atoms in total. The SMILES string of the molecule is CCOC1CCCC2C=NNC(C(C)C)=C2CC1. The molecule has 0 aromatic rings. The molecule has 2 unspecified atom stereocenters. The van der Waals surface area contributed by atoms with Crippen molar-refractivity contribution >= 4 is 6.21 Å². The van der Waals surface area contributed by atoms with Crippen LogP contribution in [0.4, 0.5) is 0 Å². The first-order chi connectivity index (χ1) is 8.72. The minimum Gasteiger partial charge on any atom is -0.378 e. The summed E-state index contributed by atoms with van der Waals surface area (Å²) in [6.45, 7) is 7.41. The summed E-state index contributed by atoms with van der Waals surface area (Å²) in [5.74, 6) is 1.09. The van der Waals surface area contributed by atoms with Gasteiger partial charge in [-0.1, -0.05) is 13.8 Å². The third-order valence-electron chi connectivity index (χ3n) is 3.99. The van der Waals surface area contributed by atoms with Gasteiger partial charge in [0, 0.05) is 24.4 Å². The van der Waals surface area contributed by atoms with E-state index in [-0.39, 0.29) is 0 Å². The molecule has 0 aromatic carbocycles. The smallest absolute Gasteiger partial charge is 0.0578 e. The van der Waals surface area contributed by atoms with E-state index in [4.69, 9.17) is 4.74 Å². The Bertz CT molecular complexity index is 333. The van der Waals surface area contributed by atoms with Crippen LogP contribution in [0.25, 0.3) is 0 Å². The van der Waals surface area contributed by atoms with E-state index in [2.05, 4.69) is 37.5 Å². The summed E-state index contributed by atoms with van der Waals surface area (Å²) in [7, 11) is 0. The van der Waals surface area contributed by atoms with Gasteiger partial charge in [0.05, 0.1) is 6.10 Å². The third-order valence-corrected chi connectivity index (χ3v) is 3.99. The minimum absolute atomic E-state index is 0.454. The van der Waals surface area contributed by atoms with Crippen molar-refractivity contribution in [2.24, 2.45) is 16.9 Å². The Balaban J connectivity index is 2.11. The minimum atomic E-state index is 0.454. The van der Waals surface area contributed by atoms with Gasteiger partial charge >= 0.3 is 0 Å². The van der Waals surface area contributed by atoms with Crippen molar-refractivity contribution in [3.63, 3.8) is 0 Å². The Hall–Kier alpha value is -0.830. The van der Waals surface area contributed by atoms with Crippen LogP contribution in [-0.4, -0.2) is 18.9 Å². The highest BCUT2D eigenvalue weighted by atomic mass is 16.5. The van der Waals surface area contributed by atoms with Crippen LogP contribution in [-0.2, 0) is 4.74 Å². The fraction of sp³-hybridized carbons (Fsp3) is 0.800. The fourth-order valence-corrected chi connectivity index (χ4v) is 3.06. The van der Waals surface area contributed by atoms with Crippen molar-refractivity contribution in [1.29, 1.82) is 0 Å². The molecule has 2 aliphatic rings. The first kappa shape index (κ1) is 13.6. The number of ether oxygens (including phenoxy) is 1. The first-order valence-electron chi connectivity index (χ1n) is 7.36. The van der Waals surface area contributed by atoms with E-state index in [1.54, 1.807) is 5.57 Å². The monoisotopic (exact) mass is 250 g/mol. The molecule has 1 aliphatic heterocycles. The summed E-state index contributed by atoms with van der Waals surface area (Å²) < 4.78 is 5.82. The number of hydrogen-bond donors (Lipinski definition) is 1. The van der Waals surface area contributed by atoms with Gasteiger partial charge < -0.3 is 4.74 Å². The molecular formula is C15H26N2O. The Labute approximate surface area is 111 Å². The summed E-state index contributed by atoms with van der Waals surface area (Å²) in [4.78, 5) is 0. The molecule has 3 heteroatoms. The zero-order chi connectivity index (χ0) is 13.0. The molecule has 0 radical (unpaired) electrons. The third kappa shape index (κ3) is 3.14. The maximum atomic E-state index is 5.82. The van der Waals surface area contributed by atoms with Crippen LogP contribution in [0.15, 0.2) is 16.4 Å². The number of fused-ring (bicyclic) bond motifs is 1. The van der Waals surface area contributed by atoms with E-state index in [1.165, 1.54) is 25.0 Å². The highest BCUT2D eigenvalue weighted by Gasteiger charge is 2.25. The van der Waals surface area contributed by atoms with Gasteiger partial charge in [0.15, 0.2) is 0 Å². The van der Waals surface area contributed by atoms with Gasteiger partial charge in [0.1, 0.15) is 0 Å². The average molecular weight is 250 g/mol. The zero-order valence-corrected chi connectivity index (χ0v) is 11.9. The van der Waals surface area contributed by atoms with E-state index < -0.39 is 0 Å². The predicted octanol–water partition coefficient (Wildman–Crippen LogP) is 3.47. The molecule has 102 valence electrons. The maximum absolute atomic E-state index is 5.82. The van der Waals surface area contributed by atoms with Gasteiger partial charge in [-0.3, -0.25) is 5.43 Å². The molecular weight excluding hydrogens is 224 g/mol. The highest BCUT2D eigenvalue weighted by Crippen LogP contribution is 2.32. The highest BCUT2D eigenvalue weighted by molar-refractivity contribution is 5.67. The van der Waals surface area contributed by atoms with Crippen LogP contribution >= 0.6 is 0 Å². The molecule has 1 fully saturated rings. The lowest BCUT2D eigenvalue weighted by atomic mass is 9.83. The van der Waals surface area contributed by atoms with E-state index >= 15 is 0 Å². The van der Waals surface area contributed by atoms with Crippen LogP contribution in [0.5, 0.6) is 0 Å². The summed E-state index contributed by atoms with van der Waals surface area (Å²) in [6.07, 6.45) is 8.54. The lowest BCUT2D eigenvalue weighted by molar-refractivity contribution is 0.0463. The molecule has 0 aromatic heterocycles. The van der Waals surface area contributed by atoms with Gasteiger partial charge in [-0.05, 0) is 50.5 Å². The van der Waals surface area contributed by atoms with E-state index in [1.807, 2.05) is 0 Å². The quantitative estimate of drug-likeness (QED) is 0.832. The number of hydrogen-bond acceptors (Lipinski definition) is 3. The molecule has 1 saturated carbocycles. The molecule has 1 N–H and O–H groups in total. The van der Waals surface area contributed by atoms with E-state index in [0.717, 1.165) is 19.4 Å².